The Labute approximate surface area is 179 Å². The SMILES string of the molecule is CCOCc1ccc(C(C)(C)CCCc2ccc(F)c(Oc3ccccc3)c2)cc1. The number of aryl methyl sites for hydroxylation is 1. The van der Waals surface area contributed by atoms with Crippen LogP contribution in [-0.4, -0.2) is 6.61 Å². The van der Waals surface area contributed by atoms with Crippen LogP contribution in [0.5, 0.6) is 11.5 Å². The lowest BCUT2D eigenvalue weighted by molar-refractivity contribution is 0.134. The third-order valence-corrected chi connectivity index (χ3v) is 5.44. The fraction of sp³-hybridized carbons (Fsp3) is 0.333. The van der Waals surface area contributed by atoms with Crippen LogP contribution in [0.2, 0.25) is 0 Å². The minimum absolute atomic E-state index is 0.0769. The minimum Gasteiger partial charge on any atom is -0.454 e. The summed E-state index contributed by atoms with van der Waals surface area (Å²) in [4.78, 5) is 0. The van der Waals surface area contributed by atoms with Gasteiger partial charge in [0.15, 0.2) is 11.6 Å². The Bertz CT molecular complexity index is 917. The molecule has 0 fully saturated rings. The predicted octanol–water partition coefficient (Wildman–Crippen LogP) is 7.46. The molecule has 0 N–H and O–H groups in total. The Morgan fingerprint density at radius 3 is 2.27 bits per heavy atom. The van der Waals surface area contributed by atoms with Crippen molar-refractivity contribution < 1.29 is 13.9 Å². The molecule has 3 aromatic rings. The second-order valence-corrected chi connectivity index (χ2v) is 8.25. The zero-order chi connectivity index (χ0) is 21.4. The van der Waals surface area contributed by atoms with E-state index in [9.17, 15) is 4.39 Å². The summed E-state index contributed by atoms with van der Waals surface area (Å²) < 4.78 is 25.4. The molecule has 0 saturated heterocycles. The van der Waals surface area contributed by atoms with Gasteiger partial charge in [-0.1, -0.05) is 62.4 Å². The highest BCUT2D eigenvalue weighted by Gasteiger charge is 2.20. The number of halogens is 1. The van der Waals surface area contributed by atoms with Crippen molar-refractivity contribution in [2.75, 3.05) is 6.61 Å². The van der Waals surface area contributed by atoms with E-state index >= 15 is 0 Å². The highest BCUT2D eigenvalue weighted by Crippen LogP contribution is 2.31. The molecular weight excluding hydrogens is 375 g/mol. The highest BCUT2D eigenvalue weighted by atomic mass is 19.1. The first kappa shape index (κ1) is 22.0. The van der Waals surface area contributed by atoms with E-state index < -0.39 is 0 Å². The van der Waals surface area contributed by atoms with Crippen molar-refractivity contribution in [3.8, 4) is 11.5 Å². The second-order valence-electron chi connectivity index (χ2n) is 8.25. The molecule has 0 saturated carbocycles. The van der Waals surface area contributed by atoms with Gasteiger partial charge in [0.1, 0.15) is 5.75 Å². The fourth-order valence-corrected chi connectivity index (χ4v) is 3.55. The maximum absolute atomic E-state index is 14.2. The van der Waals surface area contributed by atoms with Crippen molar-refractivity contribution in [1.29, 1.82) is 0 Å². The van der Waals surface area contributed by atoms with E-state index in [1.165, 1.54) is 17.2 Å². The molecule has 0 aromatic heterocycles. The van der Waals surface area contributed by atoms with Gasteiger partial charge in [-0.3, -0.25) is 0 Å². The van der Waals surface area contributed by atoms with Crippen LogP contribution >= 0.6 is 0 Å². The van der Waals surface area contributed by atoms with E-state index in [1.54, 1.807) is 0 Å². The third kappa shape index (κ3) is 6.17. The van der Waals surface area contributed by atoms with Crippen LogP contribution in [0.3, 0.4) is 0 Å². The molecule has 0 spiro atoms. The van der Waals surface area contributed by atoms with E-state index in [0.29, 0.717) is 12.4 Å². The molecule has 0 radical (unpaired) electrons. The largest absolute Gasteiger partial charge is 0.454 e. The summed E-state index contributed by atoms with van der Waals surface area (Å²) >= 11 is 0. The molecule has 0 amide bonds. The zero-order valence-electron chi connectivity index (χ0n) is 18.2. The highest BCUT2D eigenvalue weighted by molar-refractivity contribution is 5.35. The molecule has 0 unspecified atom stereocenters. The first-order chi connectivity index (χ1) is 14.5. The lowest BCUT2D eigenvalue weighted by Crippen LogP contribution is -2.17. The van der Waals surface area contributed by atoms with Crippen LogP contribution in [-0.2, 0) is 23.2 Å². The van der Waals surface area contributed by atoms with Gasteiger partial charge in [-0.15, -0.1) is 0 Å². The monoisotopic (exact) mass is 406 g/mol. The quantitative estimate of drug-likeness (QED) is 0.348. The molecule has 2 nitrogen and oxygen atoms in total. The maximum atomic E-state index is 14.2. The van der Waals surface area contributed by atoms with Gasteiger partial charge in [0.25, 0.3) is 0 Å². The number of hydrogen-bond donors (Lipinski definition) is 0. The fourth-order valence-electron chi connectivity index (χ4n) is 3.55. The molecule has 3 rings (SSSR count). The molecule has 0 aliphatic rings. The van der Waals surface area contributed by atoms with Crippen molar-refractivity contribution >= 4 is 0 Å². The Hall–Kier alpha value is -2.65. The zero-order valence-corrected chi connectivity index (χ0v) is 18.2. The topological polar surface area (TPSA) is 18.5 Å². The molecule has 30 heavy (non-hydrogen) atoms. The summed E-state index contributed by atoms with van der Waals surface area (Å²) in [6.07, 6.45) is 2.95. The number of ether oxygens (including phenoxy) is 2. The molecule has 0 aliphatic carbocycles. The Morgan fingerprint density at radius 1 is 0.867 bits per heavy atom. The number of benzene rings is 3. The van der Waals surface area contributed by atoms with Crippen LogP contribution < -0.4 is 4.74 Å². The van der Waals surface area contributed by atoms with Gasteiger partial charge in [0.2, 0.25) is 0 Å². The second kappa shape index (κ2) is 10.4. The molecular formula is C27H31FO2. The van der Waals surface area contributed by atoms with Gasteiger partial charge in [-0.05, 0) is 72.6 Å². The summed E-state index contributed by atoms with van der Waals surface area (Å²) in [5, 5.41) is 0. The van der Waals surface area contributed by atoms with E-state index in [0.717, 1.165) is 31.4 Å². The molecule has 0 aliphatic heterocycles. The van der Waals surface area contributed by atoms with E-state index in [4.69, 9.17) is 9.47 Å². The van der Waals surface area contributed by atoms with Crippen LogP contribution in [0.1, 0.15) is 50.3 Å². The summed E-state index contributed by atoms with van der Waals surface area (Å²) in [6, 6.07) is 23.2. The molecule has 0 heterocycles. The molecule has 3 aromatic carbocycles. The number of hydrogen-bond acceptors (Lipinski definition) is 2. The number of rotatable bonds is 10. The van der Waals surface area contributed by atoms with Crippen molar-refractivity contribution in [3.63, 3.8) is 0 Å². The van der Waals surface area contributed by atoms with Gasteiger partial charge >= 0.3 is 0 Å². The van der Waals surface area contributed by atoms with Crippen molar-refractivity contribution in [2.45, 2.75) is 52.1 Å². The van der Waals surface area contributed by atoms with E-state index in [-0.39, 0.29) is 17.0 Å². The van der Waals surface area contributed by atoms with Crippen LogP contribution in [0.4, 0.5) is 4.39 Å². The maximum Gasteiger partial charge on any atom is 0.165 e. The van der Waals surface area contributed by atoms with E-state index in [2.05, 4.69) is 38.1 Å². The molecule has 0 bridgehead atoms. The van der Waals surface area contributed by atoms with E-state index in [1.807, 2.05) is 49.4 Å². The minimum atomic E-state index is -0.338. The predicted molar refractivity (Wildman–Crippen MR) is 121 cm³/mol. The lowest BCUT2D eigenvalue weighted by atomic mass is 9.79. The average molecular weight is 407 g/mol. The summed E-state index contributed by atoms with van der Waals surface area (Å²) in [5.41, 5.74) is 3.70. The molecule has 0 atom stereocenters. The Morgan fingerprint density at radius 2 is 1.57 bits per heavy atom. The Balaban J connectivity index is 1.58. The van der Waals surface area contributed by atoms with Crippen LogP contribution in [0, 0.1) is 5.82 Å². The van der Waals surface area contributed by atoms with Crippen LogP contribution in [0.15, 0.2) is 72.8 Å². The van der Waals surface area contributed by atoms with Crippen molar-refractivity contribution in [1.82, 2.24) is 0 Å². The summed E-state index contributed by atoms with van der Waals surface area (Å²) in [6.45, 7) is 7.96. The standard InChI is InChI=1S/C27H31FO2/c1-4-29-20-22-12-15-23(16-13-22)27(2,3)18-8-9-21-14-17-25(28)26(19-21)30-24-10-6-5-7-11-24/h5-7,10-17,19H,4,8-9,18,20H2,1-3H3. The van der Waals surface area contributed by atoms with Gasteiger partial charge in [-0.25, -0.2) is 4.39 Å². The van der Waals surface area contributed by atoms with Gasteiger partial charge in [-0.2, -0.15) is 0 Å². The first-order valence-electron chi connectivity index (χ1n) is 10.7. The van der Waals surface area contributed by atoms with Crippen LogP contribution in [0.25, 0.3) is 0 Å². The summed E-state index contributed by atoms with van der Waals surface area (Å²) in [5.74, 6) is 0.584. The van der Waals surface area contributed by atoms with Gasteiger partial charge in [0, 0.05) is 6.61 Å². The summed E-state index contributed by atoms with van der Waals surface area (Å²) in [7, 11) is 0. The number of para-hydroxylation sites is 1. The smallest absolute Gasteiger partial charge is 0.165 e. The van der Waals surface area contributed by atoms with Crippen molar-refractivity contribution in [3.05, 3.63) is 95.3 Å². The lowest BCUT2D eigenvalue weighted by Gasteiger charge is -2.25. The third-order valence-electron chi connectivity index (χ3n) is 5.44. The molecule has 3 heteroatoms. The normalized spacial score (nSPS) is 11.5. The first-order valence-corrected chi connectivity index (χ1v) is 10.7. The molecule has 158 valence electrons. The van der Waals surface area contributed by atoms with Gasteiger partial charge in [0.05, 0.1) is 6.61 Å². The average Bonchev–Trinajstić information content (AvgIpc) is 2.75. The van der Waals surface area contributed by atoms with Gasteiger partial charge < -0.3 is 9.47 Å². The Kier molecular flexibility index (Phi) is 7.64. The van der Waals surface area contributed by atoms with Crippen molar-refractivity contribution in [2.24, 2.45) is 0 Å².